The maximum Gasteiger partial charge on any atom is 0.236 e. The van der Waals surface area contributed by atoms with E-state index in [9.17, 15) is 4.79 Å². The van der Waals surface area contributed by atoms with Crippen LogP contribution in [0.25, 0.3) is 0 Å². The molecule has 3 nitrogen and oxygen atoms in total. The lowest BCUT2D eigenvalue weighted by Crippen LogP contribution is -2.40. The van der Waals surface area contributed by atoms with Crippen LogP contribution < -0.4 is 5.73 Å². The Labute approximate surface area is 103 Å². The fourth-order valence-corrected chi connectivity index (χ4v) is 2.49. The van der Waals surface area contributed by atoms with Gasteiger partial charge in [-0.3, -0.25) is 4.79 Å². The number of nitrogens with two attached hydrogens (primary N) is 1. The molecule has 1 aromatic carbocycles. The van der Waals surface area contributed by atoms with Gasteiger partial charge in [-0.15, -0.1) is 0 Å². The van der Waals surface area contributed by atoms with Crippen LogP contribution >= 0.6 is 0 Å². The molecule has 1 heterocycles. The van der Waals surface area contributed by atoms with Crippen molar-refractivity contribution in [3.8, 4) is 0 Å². The second kappa shape index (κ2) is 5.32. The summed E-state index contributed by atoms with van der Waals surface area (Å²) in [5.74, 6) is 0.0830. The molecule has 1 fully saturated rings. The molecular formula is C14H20N2O. The number of hydrogen-bond donors (Lipinski definition) is 1. The molecule has 1 saturated heterocycles. The molecule has 0 aliphatic carbocycles. The van der Waals surface area contributed by atoms with E-state index in [0.717, 1.165) is 25.8 Å². The lowest BCUT2D eigenvalue weighted by molar-refractivity contribution is -0.130. The Morgan fingerprint density at radius 2 is 2.12 bits per heavy atom. The molecule has 0 bridgehead atoms. The average Bonchev–Trinajstić information content (AvgIpc) is 2.79. The molecule has 1 unspecified atom stereocenters. The summed E-state index contributed by atoms with van der Waals surface area (Å²) in [5.41, 5.74) is 8.01. The summed E-state index contributed by atoms with van der Waals surface area (Å²) in [6.07, 6.45) is 3.15. The molecule has 2 N–H and O–H groups in total. The third-order valence-electron chi connectivity index (χ3n) is 3.46. The van der Waals surface area contributed by atoms with Crippen molar-refractivity contribution in [1.29, 1.82) is 0 Å². The van der Waals surface area contributed by atoms with Crippen molar-refractivity contribution in [2.75, 3.05) is 13.1 Å². The summed E-state index contributed by atoms with van der Waals surface area (Å²) < 4.78 is 0. The topological polar surface area (TPSA) is 46.3 Å². The molecule has 17 heavy (non-hydrogen) atoms. The molecule has 0 spiro atoms. The van der Waals surface area contributed by atoms with Crippen LogP contribution in [0.2, 0.25) is 0 Å². The molecule has 0 radical (unpaired) electrons. The number of likely N-dealkylation sites (tertiary alicyclic amines) is 1. The van der Waals surface area contributed by atoms with Crippen molar-refractivity contribution in [1.82, 2.24) is 4.90 Å². The third-order valence-corrected chi connectivity index (χ3v) is 3.46. The number of aryl methyl sites for hydroxylation is 1. The molecule has 1 atom stereocenters. The highest BCUT2D eigenvalue weighted by molar-refractivity contribution is 5.78. The molecule has 0 saturated carbocycles. The molecule has 1 amide bonds. The fraction of sp³-hybridized carbons (Fsp3) is 0.500. The van der Waals surface area contributed by atoms with E-state index in [1.165, 1.54) is 11.1 Å². The molecule has 1 aliphatic heterocycles. The largest absolute Gasteiger partial charge is 0.338 e. The van der Waals surface area contributed by atoms with Gasteiger partial charge in [-0.05, 0) is 31.7 Å². The van der Waals surface area contributed by atoms with Gasteiger partial charge >= 0.3 is 0 Å². The van der Waals surface area contributed by atoms with Gasteiger partial charge in [0, 0.05) is 12.6 Å². The van der Waals surface area contributed by atoms with Gasteiger partial charge in [0.2, 0.25) is 5.91 Å². The number of rotatable bonds is 3. The average molecular weight is 232 g/mol. The normalized spacial score (nSPS) is 19.6. The number of carbonyl (C=O) groups excluding carboxylic acids is 1. The Balaban J connectivity index is 2.02. The molecule has 3 heteroatoms. The maximum absolute atomic E-state index is 11.7. The lowest BCUT2D eigenvalue weighted by Gasteiger charge is -2.24. The highest BCUT2D eigenvalue weighted by Crippen LogP contribution is 2.21. The number of carbonyl (C=O) groups is 1. The van der Waals surface area contributed by atoms with Gasteiger partial charge < -0.3 is 10.6 Å². The minimum atomic E-state index is 0.0830. The summed E-state index contributed by atoms with van der Waals surface area (Å²) >= 11 is 0. The SMILES string of the molecule is Cc1ccc(CC2CCCN2C(=O)CN)cc1. The summed E-state index contributed by atoms with van der Waals surface area (Å²) in [5, 5.41) is 0. The predicted molar refractivity (Wildman–Crippen MR) is 68.7 cm³/mol. The van der Waals surface area contributed by atoms with Crippen LogP contribution in [0.5, 0.6) is 0 Å². The van der Waals surface area contributed by atoms with E-state index in [1.807, 2.05) is 4.90 Å². The molecular weight excluding hydrogens is 212 g/mol. The predicted octanol–water partition coefficient (Wildman–Crippen LogP) is 1.49. The third kappa shape index (κ3) is 2.86. The molecule has 1 aromatic rings. The number of benzene rings is 1. The Bertz CT molecular complexity index is 386. The van der Waals surface area contributed by atoms with Crippen molar-refractivity contribution >= 4 is 5.91 Å². The highest BCUT2D eigenvalue weighted by atomic mass is 16.2. The van der Waals surface area contributed by atoms with Crippen LogP contribution in [0, 0.1) is 6.92 Å². The van der Waals surface area contributed by atoms with Crippen LogP contribution in [-0.4, -0.2) is 29.9 Å². The van der Waals surface area contributed by atoms with Crippen LogP contribution in [0.15, 0.2) is 24.3 Å². The smallest absolute Gasteiger partial charge is 0.236 e. The van der Waals surface area contributed by atoms with E-state index in [4.69, 9.17) is 5.73 Å². The first-order valence-electron chi connectivity index (χ1n) is 6.26. The van der Waals surface area contributed by atoms with Crippen molar-refractivity contribution in [2.45, 2.75) is 32.2 Å². The van der Waals surface area contributed by atoms with Crippen LogP contribution in [0.1, 0.15) is 24.0 Å². The van der Waals surface area contributed by atoms with E-state index >= 15 is 0 Å². The zero-order chi connectivity index (χ0) is 12.3. The van der Waals surface area contributed by atoms with Gasteiger partial charge in [0.1, 0.15) is 0 Å². The van der Waals surface area contributed by atoms with Gasteiger partial charge in [0.15, 0.2) is 0 Å². The van der Waals surface area contributed by atoms with E-state index < -0.39 is 0 Å². The van der Waals surface area contributed by atoms with Crippen molar-refractivity contribution in [3.05, 3.63) is 35.4 Å². The van der Waals surface area contributed by atoms with Gasteiger partial charge in [-0.1, -0.05) is 29.8 Å². The zero-order valence-corrected chi connectivity index (χ0v) is 10.4. The van der Waals surface area contributed by atoms with Crippen LogP contribution in [0.3, 0.4) is 0 Å². The zero-order valence-electron chi connectivity index (χ0n) is 10.4. The first-order valence-corrected chi connectivity index (χ1v) is 6.26. The summed E-state index contributed by atoms with van der Waals surface area (Å²) in [6, 6.07) is 8.89. The monoisotopic (exact) mass is 232 g/mol. The number of hydrogen-bond acceptors (Lipinski definition) is 2. The standard InChI is InChI=1S/C14H20N2O/c1-11-4-6-12(7-5-11)9-13-3-2-8-16(13)14(17)10-15/h4-7,13H,2-3,8-10,15H2,1H3. The first kappa shape index (κ1) is 12.1. The fourth-order valence-electron chi connectivity index (χ4n) is 2.49. The van der Waals surface area contributed by atoms with Crippen LogP contribution in [0.4, 0.5) is 0 Å². The van der Waals surface area contributed by atoms with Crippen LogP contribution in [-0.2, 0) is 11.2 Å². The molecule has 1 aliphatic rings. The second-order valence-electron chi connectivity index (χ2n) is 4.78. The van der Waals surface area contributed by atoms with Crippen molar-refractivity contribution < 1.29 is 4.79 Å². The van der Waals surface area contributed by atoms with Gasteiger partial charge in [0.25, 0.3) is 0 Å². The van der Waals surface area contributed by atoms with Gasteiger partial charge in [-0.25, -0.2) is 0 Å². The maximum atomic E-state index is 11.7. The quantitative estimate of drug-likeness (QED) is 0.858. The second-order valence-corrected chi connectivity index (χ2v) is 4.78. The van der Waals surface area contributed by atoms with Gasteiger partial charge in [-0.2, -0.15) is 0 Å². The highest BCUT2D eigenvalue weighted by Gasteiger charge is 2.27. The number of nitrogens with zero attached hydrogens (tertiary/aromatic N) is 1. The summed E-state index contributed by atoms with van der Waals surface area (Å²) in [4.78, 5) is 13.6. The minimum Gasteiger partial charge on any atom is -0.338 e. The minimum absolute atomic E-state index is 0.0830. The summed E-state index contributed by atoms with van der Waals surface area (Å²) in [6.45, 7) is 3.08. The van der Waals surface area contributed by atoms with E-state index in [1.54, 1.807) is 0 Å². The Hall–Kier alpha value is -1.35. The Kier molecular flexibility index (Phi) is 3.79. The van der Waals surface area contributed by atoms with Crippen molar-refractivity contribution in [3.63, 3.8) is 0 Å². The Morgan fingerprint density at radius 1 is 1.41 bits per heavy atom. The molecule has 2 rings (SSSR count). The van der Waals surface area contributed by atoms with Gasteiger partial charge in [0.05, 0.1) is 6.54 Å². The number of amides is 1. The van der Waals surface area contributed by atoms with E-state index in [2.05, 4.69) is 31.2 Å². The molecule has 0 aromatic heterocycles. The lowest BCUT2D eigenvalue weighted by atomic mass is 10.0. The summed E-state index contributed by atoms with van der Waals surface area (Å²) in [7, 11) is 0. The van der Waals surface area contributed by atoms with Crippen molar-refractivity contribution in [2.24, 2.45) is 5.73 Å². The molecule has 92 valence electrons. The first-order chi connectivity index (χ1) is 8.20. The van der Waals surface area contributed by atoms with E-state index in [-0.39, 0.29) is 12.5 Å². The Morgan fingerprint density at radius 3 is 2.76 bits per heavy atom. The van der Waals surface area contributed by atoms with E-state index in [0.29, 0.717) is 6.04 Å².